The van der Waals surface area contributed by atoms with Crippen LogP contribution in [0.1, 0.15) is 76.6 Å². The van der Waals surface area contributed by atoms with Crippen molar-refractivity contribution >= 4 is 6.08 Å². The quantitative estimate of drug-likeness (QED) is 0.382. The van der Waals surface area contributed by atoms with Crippen molar-refractivity contribution in [3.05, 3.63) is 60.0 Å². The molecule has 1 atom stereocenters. The van der Waals surface area contributed by atoms with Crippen LogP contribution in [0.5, 0.6) is 0 Å². The molecular weight excluding hydrogens is 467 g/mol. The van der Waals surface area contributed by atoms with Gasteiger partial charge in [-0.3, -0.25) is 0 Å². The number of rotatable bonds is 3. The van der Waals surface area contributed by atoms with Crippen LogP contribution in [0.15, 0.2) is 37.8 Å². The van der Waals surface area contributed by atoms with Crippen molar-refractivity contribution in [3.63, 3.8) is 0 Å². The molecule has 0 spiro atoms. The van der Waals surface area contributed by atoms with E-state index < -0.39 is 22.9 Å². The summed E-state index contributed by atoms with van der Waals surface area (Å²) in [6.45, 7) is 21.3. The third-order valence-corrected chi connectivity index (χ3v) is 14.1. The number of fused-ring (bicyclic) bond motifs is 1. The van der Waals surface area contributed by atoms with Crippen LogP contribution in [0, 0.1) is 19.8 Å². The van der Waals surface area contributed by atoms with Crippen molar-refractivity contribution < 1.29 is 22.9 Å². The van der Waals surface area contributed by atoms with Gasteiger partial charge >= 0.3 is 166 Å². The van der Waals surface area contributed by atoms with E-state index in [0.29, 0.717) is 15.0 Å². The number of aryl methyl sites for hydroxylation is 2. The van der Waals surface area contributed by atoms with E-state index in [1.54, 1.807) is 27.9 Å². The van der Waals surface area contributed by atoms with Gasteiger partial charge < -0.3 is 0 Å². The summed E-state index contributed by atoms with van der Waals surface area (Å²) in [5.41, 5.74) is 12.4. The third kappa shape index (κ3) is 2.91. The van der Waals surface area contributed by atoms with E-state index in [0.717, 1.165) is 0 Å². The summed E-state index contributed by atoms with van der Waals surface area (Å²) in [4.78, 5) is 0. The maximum absolute atomic E-state index is 2.59. The molecule has 0 aromatic heterocycles. The van der Waals surface area contributed by atoms with Gasteiger partial charge in [0.25, 0.3) is 0 Å². The predicted octanol–water partition coefficient (Wildman–Crippen LogP) is 7.35. The second-order valence-electron chi connectivity index (χ2n) is 8.64. The van der Waals surface area contributed by atoms with E-state index in [4.69, 9.17) is 0 Å². The normalized spacial score (nSPS) is 22.0. The van der Waals surface area contributed by atoms with Crippen molar-refractivity contribution in [2.24, 2.45) is 5.92 Å². The predicted molar refractivity (Wildman–Crippen MR) is 107 cm³/mol. The number of benzene rings is 1. The van der Waals surface area contributed by atoms with Crippen LogP contribution in [0.4, 0.5) is 0 Å². The van der Waals surface area contributed by atoms with Crippen molar-refractivity contribution in [2.45, 2.75) is 71.4 Å². The topological polar surface area (TPSA) is 0 Å². The molecule has 0 bridgehead atoms. The Kier molecular flexibility index (Phi) is 4.95. The Morgan fingerprint density at radius 3 is 1.92 bits per heavy atom. The molecule has 3 rings (SSSR count). The maximum atomic E-state index is 2.59. The van der Waals surface area contributed by atoms with Crippen LogP contribution in [0.25, 0.3) is 6.08 Å². The Hall–Kier alpha value is -0.690. The van der Waals surface area contributed by atoms with Gasteiger partial charge in [0.05, 0.1) is 0 Å². The first-order valence-electron chi connectivity index (χ1n) is 9.55. The molecule has 0 heterocycles. The van der Waals surface area contributed by atoms with E-state index in [1.807, 2.05) is 3.33 Å². The molecular formula is C24H32Hf. The first kappa shape index (κ1) is 19.1. The van der Waals surface area contributed by atoms with Crippen LogP contribution < -0.4 is 0 Å². The van der Waals surface area contributed by atoms with Gasteiger partial charge in [-0.25, -0.2) is 0 Å². The molecule has 1 unspecified atom stereocenters. The van der Waals surface area contributed by atoms with Gasteiger partial charge in [-0.2, -0.15) is 0 Å². The third-order valence-electron chi connectivity index (χ3n) is 6.93. The zero-order valence-corrected chi connectivity index (χ0v) is 21.0. The molecule has 0 aliphatic heterocycles. The van der Waals surface area contributed by atoms with Crippen LogP contribution in [0.2, 0.25) is 3.17 Å². The fourth-order valence-corrected chi connectivity index (χ4v) is 12.5. The molecule has 0 amide bonds. The number of hydrogen-bond donors (Lipinski definition) is 0. The minimum atomic E-state index is -1.05. The van der Waals surface area contributed by atoms with E-state index in [1.165, 1.54) is 16.7 Å². The Labute approximate surface area is 165 Å². The van der Waals surface area contributed by atoms with Gasteiger partial charge in [0.2, 0.25) is 0 Å². The summed E-state index contributed by atoms with van der Waals surface area (Å²) in [5, 5.41) is 0. The molecule has 0 saturated heterocycles. The summed E-state index contributed by atoms with van der Waals surface area (Å²) in [5.74, 6) is 1.33. The monoisotopic (exact) mass is 500 g/mol. The molecule has 0 N–H and O–H groups in total. The Bertz CT molecular complexity index is 806. The van der Waals surface area contributed by atoms with Crippen molar-refractivity contribution in [3.8, 4) is 0 Å². The van der Waals surface area contributed by atoms with Crippen LogP contribution >= 0.6 is 0 Å². The van der Waals surface area contributed by atoms with Crippen molar-refractivity contribution in [1.82, 2.24) is 0 Å². The molecule has 1 heteroatoms. The molecule has 1 aromatic carbocycles. The number of allylic oxidation sites excluding steroid dienone is 5. The zero-order valence-electron chi connectivity index (χ0n) is 17.4. The average Bonchev–Trinajstić information content (AvgIpc) is 2.94. The molecule has 0 nitrogen and oxygen atoms in total. The van der Waals surface area contributed by atoms with Crippen LogP contribution in [-0.2, 0) is 22.9 Å². The average molecular weight is 499 g/mol. The summed E-state index contributed by atoms with van der Waals surface area (Å²) >= 11 is -1.05. The summed E-state index contributed by atoms with van der Waals surface area (Å²) in [6.07, 6.45) is 2.59. The Morgan fingerprint density at radius 2 is 1.40 bits per heavy atom. The molecule has 25 heavy (non-hydrogen) atoms. The van der Waals surface area contributed by atoms with Crippen molar-refractivity contribution in [2.75, 3.05) is 0 Å². The van der Waals surface area contributed by atoms with E-state index in [2.05, 4.69) is 80.5 Å². The number of hydrogen-bond acceptors (Lipinski definition) is 0. The van der Waals surface area contributed by atoms with Gasteiger partial charge in [-0.1, -0.05) is 0 Å². The molecule has 1 aromatic rings. The second-order valence-corrected chi connectivity index (χ2v) is 15.2. The zero-order chi connectivity index (χ0) is 18.7. The first-order valence-corrected chi connectivity index (χ1v) is 13.1. The summed E-state index contributed by atoms with van der Waals surface area (Å²) in [7, 11) is 0. The molecule has 0 saturated carbocycles. The van der Waals surface area contributed by atoms with E-state index >= 15 is 0 Å². The molecule has 0 radical (unpaired) electrons. The molecule has 2 aliphatic rings. The van der Waals surface area contributed by atoms with Gasteiger partial charge in [0.15, 0.2) is 0 Å². The van der Waals surface area contributed by atoms with Crippen molar-refractivity contribution in [1.29, 1.82) is 0 Å². The van der Waals surface area contributed by atoms with Crippen LogP contribution in [-0.4, -0.2) is 0 Å². The minimum absolute atomic E-state index is 0.374. The summed E-state index contributed by atoms with van der Waals surface area (Å²) < 4.78 is 2.19. The van der Waals surface area contributed by atoms with E-state index in [9.17, 15) is 0 Å². The Balaban J connectivity index is 2.05. The van der Waals surface area contributed by atoms with Crippen LogP contribution in [0.3, 0.4) is 0 Å². The van der Waals surface area contributed by atoms with E-state index in [-0.39, 0.29) is 0 Å². The first-order chi connectivity index (χ1) is 11.6. The van der Waals surface area contributed by atoms with Gasteiger partial charge in [-0.15, -0.1) is 0 Å². The summed E-state index contributed by atoms with van der Waals surface area (Å²) in [6, 6.07) is 4.90. The molecule has 132 valence electrons. The SMILES string of the molecule is CC1=C(C)[C](C)([Hf][C]2=Cc3cc(C)c(C)cc3C2C(C)C)C(C)=C1C. The molecule has 0 fully saturated rings. The Morgan fingerprint density at radius 1 is 0.880 bits per heavy atom. The fourth-order valence-electron chi connectivity index (χ4n) is 4.58. The molecule has 2 aliphatic carbocycles. The fraction of sp³-hybridized carbons (Fsp3) is 0.500. The van der Waals surface area contributed by atoms with Gasteiger partial charge in [-0.05, 0) is 0 Å². The standard InChI is InChI=1S/C14H17.C10H15.Hf/c1-9(2)13-6-5-12-7-10(3)11(4)8-14(12)13;1-6-7(2)9(4)10(5)8(6)3;/h5,7-9,13H,1-4H3;1-5H3;. The second kappa shape index (κ2) is 6.48. The van der Waals surface area contributed by atoms with Gasteiger partial charge in [0, 0.05) is 0 Å². The van der Waals surface area contributed by atoms with Gasteiger partial charge in [0.1, 0.15) is 0 Å².